The number of aromatic nitrogens is 2. The van der Waals surface area contributed by atoms with Crippen LogP contribution in [-0.4, -0.2) is 9.55 Å². The molecular weight excluding hydrogens is 280 g/mol. The molecule has 3 rings (SSSR count). The summed E-state index contributed by atoms with van der Waals surface area (Å²) in [6, 6.07) is 20.8. The first-order chi connectivity index (χ1) is 11.2. The summed E-state index contributed by atoms with van der Waals surface area (Å²) in [6.07, 6.45) is 4.23. The summed E-state index contributed by atoms with van der Waals surface area (Å²) in [5.41, 5.74) is 4.56. The van der Waals surface area contributed by atoms with E-state index in [1.165, 1.54) is 0 Å². The molecule has 0 saturated carbocycles. The van der Waals surface area contributed by atoms with Gasteiger partial charge in [-0.25, -0.2) is 4.98 Å². The fraction of sp³-hybridized carbons (Fsp3) is 0.190. The fourth-order valence-corrected chi connectivity index (χ4v) is 2.81. The van der Waals surface area contributed by atoms with E-state index < -0.39 is 0 Å². The quantitative estimate of drug-likeness (QED) is 0.605. The Hall–Kier alpha value is -2.61. The molecule has 0 saturated heterocycles. The molecule has 0 spiro atoms. The zero-order chi connectivity index (χ0) is 16.2. The monoisotopic (exact) mass is 302 g/mol. The Labute approximate surface area is 138 Å². The highest BCUT2D eigenvalue weighted by Gasteiger charge is 2.19. The summed E-state index contributed by atoms with van der Waals surface area (Å²) < 4.78 is 2.25. The van der Waals surface area contributed by atoms with Crippen molar-refractivity contribution >= 4 is 6.08 Å². The number of hydrogen-bond acceptors (Lipinski definition) is 1. The molecule has 3 aromatic rings. The van der Waals surface area contributed by atoms with Gasteiger partial charge in [-0.3, -0.25) is 4.57 Å². The average Bonchev–Trinajstić information content (AvgIpc) is 2.96. The van der Waals surface area contributed by atoms with Gasteiger partial charge in [0, 0.05) is 11.3 Å². The Kier molecular flexibility index (Phi) is 4.42. The first-order valence-electron chi connectivity index (χ1n) is 8.08. The lowest BCUT2D eigenvalue weighted by Crippen LogP contribution is -2.00. The van der Waals surface area contributed by atoms with Crippen molar-refractivity contribution in [2.75, 3.05) is 0 Å². The number of allylic oxidation sites excluding steroid dienone is 1. The van der Waals surface area contributed by atoms with E-state index in [-0.39, 0.29) is 0 Å². The third-order valence-corrected chi connectivity index (χ3v) is 3.86. The van der Waals surface area contributed by atoms with Crippen molar-refractivity contribution in [2.24, 2.45) is 0 Å². The fourth-order valence-electron chi connectivity index (χ4n) is 2.81. The van der Waals surface area contributed by atoms with E-state index in [1.54, 1.807) is 0 Å². The molecule has 0 aliphatic rings. The smallest absolute Gasteiger partial charge is 0.145 e. The molecule has 2 heteroatoms. The summed E-state index contributed by atoms with van der Waals surface area (Å²) in [5.74, 6) is 1.36. The molecule has 0 fully saturated rings. The second-order valence-corrected chi connectivity index (χ2v) is 5.90. The molecule has 0 aliphatic carbocycles. The number of para-hydroxylation sites is 1. The minimum Gasteiger partial charge on any atom is -0.293 e. The van der Waals surface area contributed by atoms with Gasteiger partial charge in [-0.1, -0.05) is 68.5 Å². The van der Waals surface area contributed by atoms with E-state index in [0.717, 1.165) is 28.5 Å². The zero-order valence-electron chi connectivity index (χ0n) is 13.9. The number of benzene rings is 2. The van der Waals surface area contributed by atoms with Crippen LogP contribution in [0, 0.1) is 0 Å². The van der Waals surface area contributed by atoms with Gasteiger partial charge in [0.05, 0.1) is 11.4 Å². The molecule has 2 nitrogen and oxygen atoms in total. The van der Waals surface area contributed by atoms with Crippen LogP contribution >= 0.6 is 0 Å². The SMILES string of the molecule is CC=Cc1c(C(C)C)nc(-c2ccccc2)n1-c1ccccc1. The van der Waals surface area contributed by atoms with Gasteiger partial charge in [0.2, 0.25) is 0 Å². The summed E-state index contributed by atoms with van der Waals surface area (Å²) in [5, 5.41) is 0. The van der Waals surface area contributed by atoms with Gasteiger partial charge < -0.3 is 0 Å². The summed E-state index contributed by atoms with van der Waals surface area (Å²) in [4.78, 5) is 4.99. The van der Waals surface area contributed by atoms with Crippen molar-refractivity contribution in [3.63, 3.8) is 0 Å². The predicted octanol–water partition coefficient (Wildman–Crippen LogP) is 5.70. The minimum absolute atomic E-state index is 0.369. The molecule has 0 bridgehead atoms. The van der Waals surface area contributed by atoms with Crippen molar-refractivity contribution in [1.82, 2.24) is 9.55 Å². The molecule has 1 heterocycles. The van der Waals surface area contributed by atoms with Gasteiger partial charge in [-0.05, 0) is 31.1 Å². The van der Waals surface area contributed by atoms with E-state index in [1.807, 2.05) is 12.1 Å². The lowest BCUT2D eigenvalue weighted by Gasteiger charge is -2.11. The Balaban J connectivity index is 2.33. The highest BCUT2D eigenvalue weighted by Crippen LogP contribution is 2.30. The first kappa shape index (κ1) is 15.3. The van der Waals surface area contributed by atoms with E-state index in [2.05, 4.69) is 86.0 Å². The van der Waals surface area contributed by atoms with Crippen molar-refractivity contribution in [3.05, 3.63) is 78.1 Å². The van der Waals surface area contributed by atoms with Crippen molar-refractivity contribution in [3.8, 4) is 17.1 Å². The molecule has 23 heavy (non-hydrogen) atoms. The van der Waals surface area contributed by atoms with Crippen molar-refractivity contribution in [1.29, 1.82) is 0 Å². The maximum absolute atomic E-state index is 4.99. The predicted molar refractivity (Wildman–Crippen MR) is 97.8 cm³/mol. The van der Waals surface area contributed by atoms with Crippen LogP contribution in [0.1, 0.15) is 38.1 Å². The molecule has 0 N–H and O–H groups in total. The number of hydrogen-bond donors (Lipinski definition) is 0. The van der Waals surface area contributed by atoms with Crippen LogP contribution in [0.4, 0.5) is 0 Å². The van der Waals surface area contributed by atoms with Crippen LogP contribution in [0.15, 0.2) is 66.7 Å². The molecule has 116 valence electrons. The highest BCUT2D eigenvalue weighted by atomic mass is 15.1. The number of imidazole rings is 1. The maximum atomic E-state index is 4.99. The standard InChI is InChI=1S/C21H22N2/c1-4-11-19-20(16(2)3)22-21(17-12-7-5-8-13-17)23(19)18-14-9-6-10-15-18/h4-16H,1-3H3. The van der Waals surface area contributed by atoms with E-state index in [0.29, 0.717) is 5.92 Å². The molecule has 0 amide bonds. The third-order valence-electron chi connectivity index (χ3n) is 3.86. The van der Waals surface area contributed by atoms with Crippen LogP contribution in [0.25, 0.3) is 23.2 Å². The zero-order valence-corrected chi connectivity index (χ0v) is 13.9. The molecule has 0 atom stereocenters. The average molecular weight is 302 g/mol. The largest absolute Gasteiger partial charge is 0.293 e. The highest BCUT2D eigenvalue weighted by molar-refractivity contribution is 5.65. The first-order valence-corrected chi connectivity index (χ1v) is 8.08. The Morgan fingerprint density at radius 3 is 2.09 bits per heavy atom. The minimum atomic E-state index is 0.369. The molecule has 0 radical (unpaired) electrons. The van der Waals surface area contributed by atoms with E-state index in [4.69, 9.17) is 4.98 Å². The van der Waals surface area contributed by atoms with Crippen LogP contribution in [0.2, 0.25) is 0 Å². The van der Waals surface area contributed by atoms with Crippen LogP contribution in [-0.2, 0) is 0 Å². The van der Waals surface area contributed by atoms with Crippen LogP contribution in [0.3, 0.4) is 0 Å². The third kappa shape index (κ3) is 2.98. The lowest BCUT2D eigenvalue weighted by molar-refractivity contribution is 0.828. The molecule has 2 aromatic carbocycles. The summed E-state index contributed by atoms with van der Waals surface area (Å²) >= 11 is 0. The molecule has 1 aromatic heterocycles. The van der Waals surface area contributed by atoms with Gasteiger partial charge in [0.15, 0.2) is 0 Å². The topological polar surface area (TPSA) is 17.8 Å². The molecule has 0 aliphatic heterocycles. The lowest BCUT2D eigenvalue weighted by atomic mass is 10.1. The Morgan fingerprint density at radius 1 is 0.913 bits per heavy atom. The summed E-state index contributed by atoms with van der Waals surface area (Å²) in [6.45, 7) is 6.44. The van der Waals surface area contributed by atoms with Crippen molar-refractivity contribution < 1.29 is 0 Å². The van der Waals surface area contributed by atoms with Crippen LogP contribution in [0.5, 0.6) is 0 Å². The van der Waals surface area contributed by atoms with Gasteiger partial charge in [0.1, 0.15) is 5.82 Å². The number of nitrogens with zero attached hydrogens (tertiary/aromatic N) is 2. The second kappa shape index (κ2) is 6.66. The van der Waals surface area contributed by atoms with E-state index >= 15 is 0 Å². The Bertz CT molecular complexity index is 797. The van der Waals surface area contributed by atoms with Gasteiger partial charge >= 0.3 is 0 Å². The number of rotatable bonds is 4. The van der Waals surface area contributed by atoms with Crippen molar-refractivity contribution in [2.45, 2.75) is 26.7 Å². The maximum Gasteiger partial charge on any atom is 0.145 e. The molecule has 0 unspecified atom stereocenters. The van der Waals surface area contributed by atoms with Gasteiger partial charge in [-0.2, -0.15) is 0 Å². The van der Waals surface area contributed by atoms with Crippen LogP contribution < -0.4 is 0 Å². The Morgan fingerprint density at radius 2 is 1.52 bits per heavy atom. The summed E-state index contributed by atoms with van der Waals surface area (Å²) in [7, 11) is 0. The normalized spacial score (nSPS) is 11.5. The molecular formula is C21H22N2. The van der Waals surface area contributed by atoms with E-state index in [9.17, 15) is 0 Å². The van der Waals surface area contributed by atoms with Gasteiger partial charge in [0.25, 0.3) is 0 Å². The van der Waals surface area contributed by atoms with Gasteiger partial charge in [-0.15, -0.1) is 0 Å². The second-order valence-electron chi connectivity index (χ2n) is 5.90.